The Balaban J connectivity index is 2.73. The molecule has 0 fully saturated rings. The molecule has 2 heterocycles. The van der Waals surface area contributed by atoms with Gasteiger partial charge in [0.25, 0.3) is 0 Å². The van der Waals surface area contributed by atoms with Gasteiger partial charge in [-0.15, -0.1) is 0 Å². The maximum atomic E-state index is 5.34. The highest BCUT2D eigenvalue weighted by Gasteiger charge is 2.17. The lowest BCUT2D eigenvalue weighted by atomic mass is 10.1. The second kappa shape index (κ2) is 4.44. The summed E-state index contributed by atoms with van der Waals surface area (Å²) < 4.78 is 7.86. The van der Waals surface area contributed by atoms with Crippen LogP contribution >= 0.6 is 12.2 Å². The summed E-state index contributed by atoms with van der Waals surface area (Å²) in [6.07, 6.45) is 1.49. The van der Waals surface area contributed by atoms with Gasteiger partial charge in [-0.2, -0.15) is 4.98 Å². The smallest absolute Gasteiger partial charge is 0.242 e. The Hall–Kier alpha value is -1.43. The molecule has 92 valence electrons. The van der Waals surface area contributed by atoms with Gasteiger partial charge in [-0.3, -0.25) is 4.57 Å². The number of methoxy groups -OCH3 is 1. The summed E-state index contributed by atoms with van der Waals surface area (Å²) in [6.45, 7) is 6.44. The third-order valence-electron chi connectivity index (χ3n) is 3.04. The lowest BCUT2D eigenvalue weighted by Gasteiger charge is -2.17. The third kappa shape index (κ3) is 1.93. The van der Waals surface area contributed by atoms with Crippen molar-refractivity contribution in [3.8, 4) is 5.88 Å². The van der Waals surface area contributed by atoms with Crippen LogP contribution in [0.2, 0.25) is 0 Å². The maximum Gasteiger partial charge on any atom is 0.242 e. The van der Waals surface area contributed by atoms with Crippen molar-refractivity contribution in [2.45, 2.75) is 26.8 Å². The average Bonchev–Trinajstić information content (AvgIpc) is 2.63. The number of hydrogen-bond donors (Lipinski definition) is 1. The zero-order valence-corrected chi connectivity index (χ0v) is 11.2. The lowest BCUT2D eigenvalue weighted by Crippen LogP contribution is -2.12. The number of nitrogens with one attached hydrogen (secondary N) is 1. The summed E-state index contributed by atoms with van der Waals surface area (Å²) in [7, 11) is 1.59. The molecular weight excluding hydrogens is 236 g/mol. The summed E-state index contributed by atoms with van der Waals surface area (Å²) >= 11 is 5.34. The minimum atomic E-state index is 0.274. The van der Waals surface area contributed by atoms with Crippen LogP contribution in [0.3, 0.4) is 0 Å². The Morgan fingerprint density at radius 1 is 1.35 bits per heavy atom. The zero-order valence-electron chi connectivity index (χ0n) is 10.4. The van der Waals surface area contributed by atoms with Crippen molar-refractivity contribution in [3.63, 3.8) is 0 Å². The quantitative estimate of drug-likeness (QED) is 0.853. The van der Waals surface area contributed by atoms with E-state index in [2.05, 4.69) is 35.7 Å². The molecule has 0 saturated carbocycles. The normalized spacial score (nSPS) is 13.2. The highest BCUT2D eigenvalue weighted by molar-refractivity contribution is 7.71. The van der Waals surface area contributed by atoms with Crippen LogP contribution in [0.4, 0.5) is 0 Å². The van der Waals surface area contributed by atoms with E-state index in [1.54, 1.807) is 7.11 Å². The standard InChI is InChI=1S/C11H16N4OS/c1-6(2)7(3)15-9-8(14-11(15)17)10(16-4)13-5-12-9/h5-7H,1-4H3,(H,14,17). The fraction of sp³-hybridized carbons (Fsp3) is 0.545. The lowest BCUT2D eigenvalue weighted by molar-refractivity contribution is 0.400. The molecule has 0 saturated heterocycles. The van der Waals surface area contributed by atoms with Crippen LogP contribution in [0, 0.1) is 10.7 Å². The van der Waals surface area contributed by atoms with Crippen molar-refractivity contribution >= 4 is 23.4 Å². The van der Waals surface area contributed by atoms with Gasteiger partial charge < -0.3 is 9.72 Å². The summed E-state index contributed by atoms with van der Waals surface area (Å²) in [6, 6.07) is 0.274. The molecule has 17 heavy (non-hydrogen) atoms. The number of ether oxygens (including phenoxy) is 1. The van der Waals surface area contributed by atoms with Crippen molar-refractivity contribution in [1.29, 1.82) is 0 Å². The SMILES string of the molecule is COc1ncnc2c1[nH]c(=S)n2C(C)C(C)C. The summed E-state index contributed by atoms with van der Waals surface area (Å²) in [5.74, 6) is 0.998. The molecule has 1 unspecified atom stereocenters. The molecule has 0 aliphatic rings. The fourth-order valence-corrected chi connectivity index (χ4v) is 2.10. The van der Waals surface area contributed by atoms with Gasteiger partial charge >= 0.3 is 0 Å². The van der Waals surface area contributed by atoms with Crippen LogP contribution in [0.5, 0.6) is 5.88 Å². The predicted octanol–water partition coefficient (Wildman–Crippen LogP) is 2.71. The van der Waals surface area contributed by atoms with Gasteiger partial charge in [0.1, 0.15) is 11.8 Å². The highest BCUT2D eigenvalue weighted by atomic mass is 32.1. The monoisotopic (exact) mass is 252 g/mol. The summed E-state index contributed by atoms with van der Waals surface area (Å²) in [5, 5.41) is 0. The van der Waals surface area contributed by atoms with Crippen LogP contribution in [0.1, 0.15) is 26.8 Å². The predicted molar refractivity (Wildman–Crippen MR) is 68.8 cm³/mol. The van der Waals surface area contributed by atoms with Crippen LogP contribution in [0.25, 0.3) is 11.2 Å². The van der Waals surface area contributed by atoms with Gasteiger partial charge in [-0.05, 0) is 25.1 Å². The number of aromatic amines is 1. The van der Waals surface area contributed by atoms with Crippen LogP contribution in [0.15, 0.2) is 6.33 Å². The van der Waals surface area contributed by atoms with E-state index in [1.807, 2.05) is 4.57 Å². The number of H-pyrrole nitrogens is 1. The van der Waals surface area contributed by atoms with Gasteiger partial charge in [0, 0.05) is 6.04 Å². The van der Waals surface area contributed by atoms with Crippen molar-refractivity contribution in [1.82, 2.24) is 19.5 Å². The highest BCUT2D eigenvalue weighted by Crippen LogP contribution is 2.26. The zero-order chi connectivity index (χ0) is 12.6. The Labute approximate surface area is 105 Å². The van der Waals surface area contributed by atoms with Gasteiger partial charge in [0.15, 0.2) is 10.4 Å². The number of nitrogens with zero attached hydrogens (tertiary/aromatic N) is 3. The second-order valence-corrected chi connectivity index (χ2v) is 4.75. The minimum absolute atomic E-state index is 0.274. The second-order valence-electron chi connectivity index (χ2n) is 4.37. The third-order valence-corrected chi connectivity index (χ3v) is 3.34. The number of aromatic nitrogens is 4. The Bertz CT molecular complexity index is 587. The summed E-state index contributed by atoms with van der Waals surface area (Å²) in [5.41, 5.74) is 1.55. The van der Waals surface area contributed by atoms with E-state index >= 15 is 0 Å². The first-order chi connectivity index (χ1) is 8.06. The molecule has 0 spiro atoms. The summed E-state index contributed by atoms with van der Waals surface area (Å²) in [4.78, 5) is 11.5. The van der Waals surface area contributed by atoms with E-state index < -0.39 is 0 Å². The van der Waals surface area contributed by atoms with Gasteiger partial charge in [0.05, 0.1) is 7.11 Å². The van der Waals surface area contributed by atoms with Crippen LogP contribution < -0.4 is 4.74 Å². The molecule has 1 atom stereocenters. The first-order valence-corrected chi connectivity index (χ1v) is 5.96. The largest absolute Gasteiger partial charge is 0.479 e. The Morgan fingerprint density at radius 2 is 2.06 bits per heavy atom. The van der Waals surface area contributed by atoms with E-state index in [4.69, 9.17) is 17.0 Å². The molecule has 0 aliphatic carbocycles. The molecule has 2 aromatic heterocycles. The van der Waals surface area contributed by atoms with Gasteiger partial charge in [-0.1, -0.05) is 13.8 Å². The Morgan fingerprint density at radius 3 is 2.65 bits per heavy atom. The van der Waals surface area contributed by atoms with Crippen molar-refractivity contribution in [2.75, 3.05) is 7.11 Å². The van der Waals surface area contributed by atoms with E-state index in [0.29, 0.717) is 16.6 Å². The number of fused-ring (bicyclic) bond motifs is 1. The molecule has 0 amide bonds. The Kier molecular flexibility index (Phi) is 3.15. The molecule has 5 nitrogen and oxygen atoms in total. The van der Waals surface area contributed by atoms with E-state index in [0.717, 1.165) is 11.2 Å². The van der Waals surface area contributed by atoms with Crippen molar-refractivity contribution in [2.24, 2.45) is 5.92 Å². The molecule has 0 bridgehead atoms. The topological polar surface area (TPSA) is 55.7 Å². The van der Waals surface area contributed by atoms with Crippen molar-refractivity contribution in [3.05, 3.63) is 11.1 Å². The average molecular weight is 252 g/mol. The van der Waals surface area contributed by atoms with Crippen LogP contribution in [-0.2, 0) is 0 Å². The molecule has 0 aromatic carbocycles. The maximum absolute atomic E-state index is 5.34. The molecular formula is C11H16N4OS. The molecule has 6 heteroatoms. The van der Waals surface area contributed by atoms with Crippen molar-refractivity contribution < 1.29 is 4.74 Å². The minimum Gasteiger partial charge on any atom is -0.479 e. The molecule has 0 aliphatic heterocycles. The van der Waals surface area contributed by atoms with E-state index in [-0.39, 0.29) is 6.04 Å². The first-order valence-electron chi connectivity index (χ1n) is 5.55. The van der Waals surface area contributed by atoms with E-state index in [1.165, 1.54) is 6.33 Å². The molecule has 1 N–H and O–H groups in total. The van der Waals surface area contributed by atoms with Gasteiger partial charge in [-0.25, -0.2) is 4.98 Å². The molecule has 2 aromatic rings. The van der Waals surface area contributed by atoms with E-state index in [9.17, 15) is 0 Å². The molecule has 2 rings (SSSR count). The number of rotatable bonds is 3. The first kappa shape index (κ1) is 12.0. The van der Waals surface area contributed by atoms with Crippen LogP contribution in [-0.4, -0.2) is 26.6 Å². The molecule has 0 radical (unpaired) electrons. The van der Waals surface area contributed by atoms with Gasteiger partial charge in [0.2, 0.25) is 5.88 Å². The number of imidazole rings is 1. The number of hydrogen-bond acceptors (Lipinski definition) is 4. The fourth-order valence-electron chi connectivity index (χ4n) is 1.75.